The van der Waals surface area contributed by atoms with Crippen LogP contribution in [0.3, 0.4) is 0 Å². The third-order valence-electron chi connectivity index (χ3n) is 2.84. The first-order valence-corrected chi connectivity index (χ1v) is 9.37. The average Bonchev–Trinajstić information content (AvgIpc) is 3.09. The van der Waals surface area contributed by atoms with Gasteiger partial charge in [-0.25, -0.2) is 0 Å². The van der Waals surface area contributed by atoms with E-state index in [1.54, 1.807) is 22.7 Å². The van der Waals surface area contributed by atoms with Gasteiger partial charge < -0.3 is 5.32 Å². The van der Waals surface area contributed by atoms with Crippen LogP contribution in [0.25, 0.3) is 10.4 Å². The van der Waals surface area contributed by atoms with Gasteiger partial charge in [-0.1, -0.05) is 22.0 Å². The maximum atomic E-state index is 3.56. The monoisotopic (exact) mass is 427 g/mol. The summed E-state index contributed by atoms with van der Waals surface area (Å²) in [7, 11) is 0. The van der Waals surface area contributed by atoms with Crippen molar-refractivity contribution in [2.75, 3.05) is 5.32 Å². The average molecular weight is 429 g/mol. The Balaban J connectivity index is 1.71. The molecule has 0 atom stereocenters. The summed E-state index contributed by atoms with van der Waals surface area (Å²) in [6, 6.07) is 12.7. The molecule has 1 nitrogen and oxygen atoms in total. The lowest BCUT2D eigenvalue weighted by Gasteiger charge is -2.07. The van der Waals surface area contributed by atoms with Crippen LogP contribution in [0.4, 0.5) is 5.69 Å². The molecule has 0 aliphatic rings. The predicted octanol–water partition coefficient (Wildman–Crippen LogP) is 6.61. The Morgan fingerprint density at radius 2 is 1.95 bits per heavy atom. The minimum absolute atomic E-state index is 0.838. The SMILES string of the molecule is Brc1ccc(Br)c(NCc2cc(-c3cccs3)cs2)c1. The molecule has 0 aliphatic carbocycles. The van der Waals surface area contributed by atoms with E-state index in [4.69, 9.17) is 0 Å². The number of thiophene rings is 2. The van der Waals surface area contributed by atoms with Crippen molar-refractivity contribution in [1.29, 1.82) is 0 Å². The number of hydrogen-bond donors (Lipinski definition) is 1. The summed E-state index contributed by atoms with van der Waals surface area (Å²) >= 11 is 10.6. The van der Waals surface area contributed by atoms with Crippen LogP contribution in [0.15, 0.2) is 56.1 Å². The van der Waals surface area contributed by atoms with E-state index in [-0.39, 0.29) is 0 Å². The molecule has 20 heavy (non-hydrogen) atoms. The van der Waals surface area contributed by atoms with Crippen molar-refractivity contribution in [3.05, 3.63) is 61.0 Å². The minimum atomic E-state index is 0.838. The summed E-state index contributed by atoms with van der Waals surface area (Å²) in [5.41, 5.74) is 2.42. The zero-order chi connectivity index (χ0) is 13.9. The first-order valence-electron chi connectivity index (χ1n) is 6.02. The van der Waals surface area contributed by atoms with Gasteiger partial charge in [0, 0.05) is 36.5 Å². The zero-order valence-electron chi connectivity index (χ0n) is 10.4. The second-order valence-corrected chi connectivity index (χ2v) is 7.97. The molecule has 0 aliphatic heterocycles. The fraction of sp³-hybridized carbons (Fsp3) is 0.0667. The van der Waals surface area contributed by atoms with E-state index in [0.717, 1.165) is 21.2 Å². The van der Waals surface area contributed by atoms with Crippen LogP contribution in [0.5, 0.6) is 0 Å². The van der Waals surface area contributed by atoms with Crippen LogP contribution in [0.1, 0.15) is 4.88 Å². The Hall–Kier alpha value is -0.620. The predicted molar refractivity (Wildman–Crippen MR) is 96.8 cm³/mol. The van der Waals surface area contributed by atoms with Crippen LogP contribution in [0.2, 0.25) is 0 Å². The molecular weight excluding hydrogens is 418 g/mol. The second-order valence-electron chi connectivity index (χ2n) is 4.26. The molecule has 0 spiro atoms. The van der Waals surface area contributed by atoms with Gasteiger partial charge in [-0.3, -0.25) is 0 Å². The number of halogens is 2. The van der Waals surface area contributed by atoms with Crippen molar-refractivity contribution in [1.82, 2.24) is 0 Å². The van der Waals surface area contributed by atoms with E-state index >= 15 is 0 Å². The van der Waals surface area contributed by atoms with Gasteiger partial charge in [-0.05, 0) is 57.0 Å². The Morgan fingerprint density at radius 1 is 1.05 bits per heavy atom. The van der Waals surface area contributed by atoms with Gasteiger partial charge >= 0.3 is 0 Å². The fourth-order valence-electron chi connectivity index (χ4n) is 1.86. The van der Waals surface area contributed by atoms with Gasteiger partial charge in [0.1, 0.15) is 0 Å². The Bertz CT molecular complexity index is 704. The molecule has 3 rings (SSSR count). The van der Waals surface area contributed by atoms with Crippen molar-refractivity contribution in [2.24, 2.45) is 0 Å². The Labute approximate surface area is 142 Å². The maximum Gasteiger partial charge on any atom is 0.0498 e. The fourth-order valence-corrected chi connectivity index (χ4v) is 4.22. The molecule has 0 radical (unpaired) electrons. The number of benzene rings is 1. The molecule has 5 heteroatoms. The van der Waals surface area contributed by atoms with Crippen molar-refractivity contribution < 1.29 is 0 Å². The topological polar surface area (TPSA) is 12.0 Å². The lowest BCUT2D eigenvalue weighted by atomic mass is 10.2. The van der Waals surface area contributed by atoms with E-state index in [1.165, 1.54) is 15.3 Å². The van der Waals surface area contributed by atoms with Crippen LogP contribution < -0.4 is 5.32 Å². The summed E-state index contributed by atoms with van der Waals surface area (Å²) in [6.45, 7) is 0.838. The number of nitrogens with one attached hydrogen (secondary N) is 1. The highest BCUT2D eigenvalue weighted by Gasteiger charge is 2.05. The maximum absolute atomic E-state index is 3.56. The van der Waals surface area contributed by atoms with E-state index in [9.17, 15) is 0 Å². The highest BCUT2D eigenvalue weighted by molar-refractivity contribution is 9.11. The molecular formula is C15H11Br2NS2. The third kappa shape index (κ3) is 3.34. The number of anilines is 1. The van der Waals surface area contributed by atoms with Crippen LogP contribution >= 0.6 is 54.5 Å². The van der Waals surface area contributed by atoms with Crippen molar-refractivity contribution in [3.8, 4) is 10.4 Å². The lowest BCUT2D eigenvalue weighted by molar-refractivity contribution is 1.19. The highest BCUT2D eigenvalue weighted by atomic mass is 79.9. The van der Waals surface area contributed by atoms with E-state index in [1.807, 2.05) is 12.1 Å². The van der Waals surface area contributed by atoms with Gasteiger partial charge in [0.2, 0.25) is 0 Å². The molecule has 0 saturated carbocycles. The van der Waals surface area contributed by atoms with Crippen molar-refractivity contribution in [3.63, 3.8) is 0 Å². The molecule has 2 heterocycles. The first kappa shape index (κ1) is 14.3. The van der Waals surface area contributed by atoms with E-state index < -0.39 is 0 Å². The Kier molecular flexibility index (Phi) is 4.61. The molecule has 0 unspecified atom stereocenters. The normalized spacial score (nSPS) is 10.7. The van der Waals surface area contributed by atoms with Gasteiger partial charge in [0.25, 0.3) is 0 Å². The molecule has 0 amide bonds. The van der Waals surface area contributed by atoms with E-state index in [0.29, 0.717) is 0 Å². The van der Waals surface area contributed by atoms with E-state index in [2.05, 4.69) is 72.2 Å². The van der Waals surface area contributed by atoms with Gasteiger partial charge in [-0.15, -0.1) is 22.7 Å². The Morgan fingerprint density at radius 3 is 2.75 bits per heavy atom. The van der Waals surface area contributed by atoms with Crippen LogP contribution in [0, 0.1) is 0 Å². The standard InChI is InChI=1S/C15H11Br2NS2/c16-11-3-4-13(17)14(7-11)18-8-12-6-10(9-20-12)15-2-1-5-19-15/h1-7,9,18H,8H2. The smallest absolute Gasteiger partial charge is 0.0498 e. The van der Waals surface area contributed by atoms with Crippen molar-refractivity contribution in [2.45, 2.75) is 6.54 Å². The van der Waals surface area contributed by atoms with Gasteiger partial charge in [0.15, 0.2) is 0 Å². The summed E-state index contributed by atoms with van der Waals surface area (Å²) in [5, 5.41) is 7.80. The van der Waals surface area contributed by atoms with Crippen LogP contribution in [-0.2, 0) is 6.54 Å². The lowest BCUT2D eigenvalue weighted by Crippen LogP contribution is -1.98. The molecule has 0 fully saturated rings. The largest absolute Gasteiger partial charge is 0.379 e. The highest BCUT2D eigenvalue weighted by Crippen LogP contribution is 2.31. The molecule has 0 bridgehead atoms. The summed E-state index contributed by atoms with van der Waals surface area (Å²) in [6.07, 6.45) is 0. The molecule has 1 aromatic carbocycles. The summed E-state index contributed by atoms with van der Waals surface area (Å²) in [5.74, 6) is 0. The van der Waals surface area contributed by atoms with Gasteiger partial charge in [-0.2, -0.15) is 0 Å². The molecule has 3 aromatic rings. The first-order chi connectivity index (χ1) is 9.72. The van der Waals surface area contributed by atoms with Gasteiger partial charge in [0.05, 0.1) is 0 Å². The summed E-state index contributed by atoms with van der Waals surface area (Å²) < 4.78 is 2.16. The van der Waals surface area contributed by atoms with Crippen LogP contribution in [-0.4, -0.2) is 0 Å². The molecule has 0 saturated heterocycles. The van der Waals surface area contributed by atoms with Crippen molar-refractivity contribution >= 4 is 60.2 Å². The number of hydrogen-bond acceptors (Lipinski definition) is 3. The summed E-state index contributed by atoms with van der Waals surface area (Å²) in [4.78, 5) is 2.66. The third-order valence-corrected chi connectivity index (χ3v) is 5.88. The number of rotatable bonds is 4. The molecule has 2 aromatic heterocycles. The quantitative estimate of drug-likeness (QED) is 0.492. The molecule has 102 valence electrons. The zero-order valence-corrected chi connectivity index (χ0v) is 15.2. The molecule has 1 N–H and O–H groups in total. The second kappa shape index (κ2) is 6.43. The minimum Gasteiger partial charge on any atom is -0.379 e.